The second-order valence-corrected chi connectivity index (χ2v) is 7.97. The molecule has 124 valence electrons. The summed E-state index contributed by atoms with van der Waals surface area (Å²) in [6.07, 6.45) is 9.38. The summed E-state index contributed by atoms with van der Waals surface area (Å²) in [5, 5.41) is 10.5. The number of aliphatic hydroxyl groups excluding tert-OH is 1. The molecular weight excluding hydrogens is 272 g/mol. The Morgan fingerprint density at radius 3 is 2.64 bits per heavy atom. The molecule has 0 amide bonds. The minimum Gasteiger partial charge on any atom is -0.393 e. The predicted octanol–water partition coefficient (Wildman–Crippen LogP) is 4.66. The molecule has 0 spiro atoms. The molecule has 3 rings (SSSR count). The van der Waals surface area contributed by atoms with Crippen LogP contribution in [0.5, 0.6) is 0 Å². The maximum absolute atomic E-state index is 11.8. The lowest BCUT2D eigenvalue weighted by Crippen LogP contribution is -2.50. The molecular formula is C20H32O2. The normalized spacial score (nSPS) is 40.2. The second kappa shape index (κ2) is 6.11. The molecule has 1 unspecified atom stereocenters. The Labute approximate surface area is 135 Å². The Hall–Kier alpha value is -0.630. The molecule has 0 heterocycles. The Bertz CT molecular complexity index is 476. The maximum atomic E-state index is 11.8. The highest BCUT2D eigenvalue weighted by atomic mass is 16.3. The molecule has 1 saturated carbocycles. The summed E-state index contributed by atoms with van der Waals surface area (Å²) in [5.41, 5.74) is 3.27. The molecule has 1 fully saturated rings. The number of ketones is 1. The fourth-order valence-electron chi connectivity index (χ4n) is 6.26. The topological polar surface area (TPSA) is 37.3 Å². The minimum atomic E-state index is -0.202. The number of fused-ring (bicyclic) bond motifs is 2. The summed E-state index contributed by atoms with van der Waals surface area (Å²) in [4.78, 5) is 11.8. The molecule has 3 aliphatic carbocycles. The van der Waals surface area contributed by atoms with Crippen molar-refractivity contribution < 1.29 is 9.90 Å². The van der Waals surface area contributed by atoms with E-state index in [9.17, 15) is 9.90 Å². The molecule has 3 aliphatic rings. The van der Waals surface area contributed by atoms with Crippen LogP contribution in [0, 0.1) is 23.2 Å². The average Bonchev–Trinajstić information content (AvgIpc) is 2.52. The van der Waals surface area contributed by atoms with Gasteiger partial charge in [-0.1, -0.05) is 31.4 Å². The van der Waals surface area contributed by atoms with Gasteiger partial charge in [0.2, 0.25) is 0 Å². The number of rotatable bonds is 3. The quantitative estimate of drug-likeness (QED) is 0.770. The van der Waals surface area contributed by atoms with Crippen molar-refractivity contribution in [3.8, 4) is 0 Å². The van der Waals surface area contributed by atoms with Gasteiger partial charge in [-0.2, -0.15) is 0 Å². The van der Waals surface area contributed by atoms with Crippen LogP contribution in [0.15, 0.2) is 11.1 Å². The first-order chi connectivity index (χ1) is 10.5. The third kappa shape index (κ3) is 2.38. The molecule has 0 saturated heterocycles. The smallest absolute Gasteiger partial charge is 0.137 e. The van der Waals surface area contributed by atoms with E-state index < -0.39 is 0 Å². The van der Waals surface area contributed by atoms with E-state index in [0.717, 1.165) is 44.4 Å². The van der Waals surface area contributed by atoms with Crippen LogP contribution in [0.2, 0.25) is 0 Å². The van der Waals surface area contributed by atoms with Crippen LogP contribution in [0.1, 0.15) is 78.6 Å². The standard InChI is InChI=1S/C20H32O2/c1-4-19-18-8-6-14-12-15(22)7-9-16(14)17(18)10-11-20(19,5-2)13(3)21/h13,17-19,21H,4-12H2,1-3H3/t13?,17-,18-,19+,20-/m1/s1. The molecule has 0 bridgehead atoms. The average molecular weight is 304 g/mol. The van der Waals surface area contributed by atoms with Gasteiger partial charge in [-0.25, -0.2) is 0 Å². The third-order valence-electron chi connectivity index (χ3n) is 7.39. The second-order valence-electron chi connectivity index (χ2n) is 7.97. The number of hydrogen-bond acceptors (Lipinski definition) is 2. The summed E-state index contributed by atoms with van der Waals surface area (Å²) in [6, 6.07) is 0. The van der Waals surface area contributed by atoms with E-state index in [4.69, 9.17) is 0 Å². The fraction of sp³-hybridized carbons (Fsp3) is 0.850. The molecule has 2 heteroatoms. The van der Waals surface area contributed by atoms with Gasteiger partial charge < -0.3 is 5.11 Å². The van der Waals surface area contributed by atoms with Crippen LogP contribution in [0.4, 0.5) is 0 Å². The summed E-state index contributed by atoms with van der Waals surface area (Å²) in [6.45, 7) is 6.59. The van der Waals surface area contributed by atoms with Crippen molar-refractivity contribution in [3.63, 3.8) is 0 Å². The number of hydrogen-bond donors (Lipinski definition) is 1. The minimum absolute atomic E-state index is 0.123. The van der Waals surface area contributed by atoms with Crippen molar-refractivity contribution in [2.45, 2.75) is 84.7 Å². The van der Waals surface area contributed by atoms with E-state index in [2.05, 4.69) is 13.8 Å². The molecule has 0 aromatic rings. The lowest BCUT2D eigenvalue weighted by atomic mass is 9.50. The largest absolute Gasteiger partial charge is 0.393 e. The highest BCUT2D eigenvalue weighted by Crippen LogP contribution is 2.58. The number of Topliss-reactive ketones (excluding diaryl/α,β-unsaturated/α-hetero) is 1. The number of carbonyl (C=O) groups excluding carboxylic acids is 1. The highest BCUT2D eigenvalue weighted by Gasteiger charge is 2.51. The van der Waals surface area contributed by atoms with Crippen LogP contribution in [0.3, 0.4) is 0 Å². The maximum Gasteiger partial charge on any atom is 0.137 e. The molecule has 0 aliphatic heterocycles. The van der Waals surface area contributed by atoms with E-state index in [1.165, 1.54) is 24.8 Å². The SMILES string of the molecule is CC[C@H]1[C@@H]2CCC3=C(CCC(=O)C3)[C@H]2CC[C@]1(CC)C(C)O. The number of allylic oxidation sites excluding steroid dienone is 2. The molecule has 1 N–H and O–H groups in total. The Balaban J connectivity index is 1.91. The van der Waals surface area contributed by atoms with Gasteiger partial charge in [0.15, 0.2) is 0 Å². The molecule has 0 radical (unpaired) electrons. The first kappa shape index (κ1) is 16.2. The molecule has 0 aromatic carbocycles. The van der Waals surface area contributed by atoms with Crippen LogP contribution >= 0.6 is 0 Å². The van der Waals surface area contributed by atoms with Gasteiger partial charge in [0, 0.05) is 12.8 Å². The van der Waals surface area contributed by atoms with E-state index in [-0.39, 0.29) is 11.5 Å². The zero-order chi connectivity index (χ0) is 15.9. The molecule has 5 atom stereocenters. The van der Waals surface area contributed by atoms with Crippen molar-refractivity contribution in [1.82, 2.24) is 0 Å². The van der Waals surface area contributed by atoms with Gasteiger partial charge in [0.05, 0.1) is 6.10 Å². The molecule has 22 heavy (non-hydrogen) atoms. The summed E-state index contributed by atoms with van der Waals surface area (Å²) in [5.74, 6) is 2.54. The molecule has 0 aromatic heterocycles. The lowest BCUT2D eigenvalue weighted by molar-refractivity contribution is -0.119. The van der Waals surface area contributed by atoms with Gasteiger partial charge in [-0.15, -0.1) is 0 Å². The summed E-state index contributed by atoms with van der Waals surface area (Å²) >= 11 is 0. The zero-order valence-corrected chi connectivity index (χ0v) is 14.5. The van der Waals surface area contributed by atoms with Gasteiger partial charge in [0.1, 0.15) is 5.78 Å². The predicted molar refractivity (Wildman–Crippen MR) is 89.5 cm³/mol. The van der Waals surface area contributed by atoms with E-state index in [0.29, 0.717) is 17.6 Å². The first-order valence-corrected chi connectivity index (χ1v) is 9.44. The van der Waals surface area contributed by atoms with Gasteiger partial charge in [-0.3, -0.25) is 4.79 Å². The van der Waals surface area contributed by atoms with Gasteiger partial charge in [0.25, 0.3) is 0 Å². The van der Waals surface area contributed by atoms with Crippen molar-refractivity contribution in [1.29, 1.82) is 0 Å². The number of aliphatic hydroxyl groups is 1. The first-order valence-electron chi connectivity index (χ1n) is 9.44. The van der Waals surface area contributed by atoms with E-state index >= 15 is 0 Å². The van der Waals surface area contributed by atoms with Crippen molar-refractivity contribution in [2.75, 3.05) is 0 Å². The van der Waals surface area contributed by atoms with Crippen LogP contribution in [-0.2, 0) is 4.79 Å². The molecule has 2 nitrogen and oxygen atoms in total. The lowest BCUT2D eigenvalue weighted by Gasteiger charge is -2.55. The van der Waals surface area contributed by atoms with Gasteiger partial charge >= 0.3 is 0 Å². The Kier molecular flexibility index (Phi) is 4.51. The van der Waals surface area contributed by atoms with Crippen LogP contribution < -0.4 is 0 Å². The van der Waals surface area contributed by atoms with E-state index in [1.807, 2.05) is 6.92 Å². The van der Waals surface area contributed by atoms with Crippen molar-refractivity contribution >= 4 is 5.78 Å². The van der Waals surface area contributed by atoms with Gasteiger partial charge in [-0.05, 0) is 68.6 Å². The monoisotopic (exact) mass is 304 g/mol. The van der Waals surface area contributed by atoms with Crippen molar-refractivity contribution in [2.24, 2.45) is 23.2 Å². The van der Waals surface area contributed by atoms with Crippen molar-refractivity contribution in [3.05, 3.63) is 11.1 Å². The highest BCUT2D eigenvalue weighted by molar-refractivity contribution is 5.82. The summed E-state index contributed by atoms with van der Waals surface area (Å²) in [7, 11) is 0. The van der Waals surface area contributed by atoms with Crippen LogP contribution in [0.25, 0.3) is 0 Å². The summed E-state index contributed by atoms with van der Waals surface area (Å²) < 4.78 is 0. The van der Waals surface area contributed by atoms with Crippen LogP contribution in [-0.4, -0.2) is 17.0 Å². The zero-order valence-electron chi connectivity index (χ0n) is 14.5. The third-order valence-corrected chi connectivity index (χ3v) is 7.39. The Morgan fingerprint density at radius 2 is 2.00 bits per heavy atom. The fourth-order valence-corrected chi connectivity index (χ4v) is 6.26. The Morgan fingerprint density at radius 1 is 1.23 bits per heavy atom. The van der Waals surface area contributed by atoms with E-state index in [1.54, 1.807) is 5.57 Å². The number of carbonyl (C=O) groups is 1.